The number of nitrogens with one attached hydrogen (secondary N) is 1. The van der Waals surface area contributed by atoms with Gasteiger partial charge in [-0.1, -0.05) is 9.39 Å². The van der Waals surface area contributed by atoms with Gasteiger partial charge in [-0.25, -0.2) is 0 Å². The van der Waals surface area contributed by atoms with Crippen LogP contribution in [0, 0.1) is 0 Å². The van der Waals surface area contributed by atoms with Gasteiger partial charge < -0.3 is 5.73 Å². The van der Waals surface area contributed by atoms with Crippen molar-refractivity contribution in [1.29, 1.82) is 0 Å². The van der Waals surface area contributed by atoms with Crippen LogP contribution in [0.25, 0.3) is 0 Å². The lowest BCUT2D eigenvalue weighted by atomic mass is 10.1. The van der Waals surface area contributed by atoms with Gasteiger partial charge in [0.05, 0.1) is 6.04 Å². The molecule has 0 fully saturated rings. The molecule has 4 heteroatoms. The van der Waals surface area contributed by atoms with E-state index in [1.54, 1.807) is 6.92 Å². The number of nitrogens with two attached hydrogens (primary N) is 1. The first-order valence-corrected chi connectivity index (χ1v) is 3.46. The first kappa shape index (κ1) is 9.02. The quantitative estimate of drug-likeness (QED) is 0.537. The summed E-state index contributed by atoms with van der Waals surface area (Å²) in [6.07, 6.45) is 0.707. The molecule has 0 aliphatic rings. The Bertz CT molecular complexity index is 97.0. The standard InChI is InChI=1S/C5H13N2OP/c1-4(8)5(7-9)2-3-6/h5,7H,2-3,6,9H2,1H3. The number of carbonyl (C=O) groups is 1. The normalized spacial score (nSPS) is 13.2. The summed E-state index contributed by atoms with van der Waals surface area (Å²) in [5.41, 5.74) is 5.24. The van der Waals surface area contributed by atoms with E-state index in [1.165, 1.54) is 0 Å². The molecule has 9 heavy (non-hydrogen) atoms. The van der Waals surface area contributed by atoms with Crippen molar-refractivity contribution >= 4 is 15.2 Å². The second kappa shape index (κ2) is 4.86. The van der Waals surface area contributed by atoms with Crippen molar-refractivity contribution in [2.75, 3.05) is 6.54 Å². The summed E-state index contributed by atoms with van der Waals surface area (Å²) in [5, 5.41) is 2.79. The fourth-order valence-electron chi connectivity index (χ4n) is 0.571. The highest BCUT2D eigenvalue weighted by Crippen LogP contribution is 1.93. The molecule has 0 heterocycles. The Balaban J connectivity index is 3.54. The minimum absolute atomic E-state index is 0.0833. The van der Waals surface area contributed by atoms with Gasteiger partial charge in [0.15, 0.2) is 0 Å². The zero-order valence-electron chi connectivity index (χ0n) is 5.55. The molecular weight excluding hydrogens is 135 g/mol. The number of carbonyl (C=O) groups excluding carboxylic acids is 1. The average molecular weight is 148 g/mol. The molecular formula is C5H13N2OP. The Kier molecular flexibility index (Phi) is 4.87. The molecule has 0 rings (SSSR count). The SMILES string of the molecule is CC(=O)C(CCN)NP. The van der Waals surface area contributed by atoms with Gasteiger partial charge in [0.2, 0.25) is 0 Å². The van der Waals surface area contributed by atoms with E-state index < -0.39 is 0 Å². The summed E-state index contributed by atoms with van der Waals surface area (Å²) in [5.74, 6) is 0.135. The summed E-state index contributed by atoms with van der Waals surface area (Å²) < 4.78 is 0. The van der Waals surface area contributed by atoms with Crippen LogP contribution in [-0.4, -0.2) is 18.4 Å². The van der Waals surface area contributed by atoms with Gasteiger partial charge in [0, 0.05) is 0 Å². The van der Waals surface area contributed by atoms with Crippen molar-refractivity contribution in [1.82, 2.24) is 5.09 Å². The maximum Gasteiger partial charge on any atom is 0.146 e. The number of hydrogen-bond donors (Lipinski definition) is 2. The fourth-order valence-corrected chi connectivity index (χ4v) is 0.972. The van der Waals surface area contributed by atoms with Crippen LogP contribution in [0.1, 0.15) is 13.3 Å². The van der Waals surface area contributed by atoms with Crippen LogP contribution in [-0.2, 0) is 4.79 Å². The number of ketones is 1. The highest BCUT2D eigenvalue weighted by atomic mass is 31.0. The minimum atomic E-state index is -0.0833. The summed E-state index contributed by atoms with van der Waals surface area (Å²) in [4.78, 5) is 10.6. The van der Waals surface area contributed by atoms with Crippen LogP contribution in [0.3, 0.4) is 0 Å². The van der Waals surface area contributed by atoms with E-state index in [9.17, 15) is 4.79 Å². The molecule has 0 spiro atoms. The Morgan fingerprint density at radius 3 is 2.56 bits per heavy atom. The van der Waals surface area contributed by atoms with Crippen molar-refractivity contribution in [3.05, 3.63) is 0 Å². The molecule has 3 N–H and O–H groups in total. The van der Waals surface area contributed by atoms with Crippen LogP contribution >= 0.6 is 9.39 Å². The lowest BCUT2D eigenvalue weighted by Crippen LogP contribution is -2.30. The number of rotatable bonds is 4. The molecule has 0 radical (unpaired) electrons. The Labute approximate surface area is 57.6 Å². The van der Waals surface area contributed by atoms with Gasteiger partial charge in [-0.2, -0.15) is 0 Å². The van der Waals surface area contributed by atoms with Crippen molar-refractivity contribution in [2.24, 2.45) is 5.73 Å². The largest absolute Gasteiger partial charge is 0.330 e. The van der Waals surface area contributed by atoms with Gasteiger partial charge in [0.1, 0.15) is 5.78 Å². The monoisotopic (exact) mass is 148 g/mol. The maximum atomic E-state index is 10.6. The molecule has 54 valence electrons. The van der Waals surface area contributed by atoms with Crippen molar-refractivity contribution in [3.63, 3.8) is 0 Å². The lowest BCUT2D eigenvalue weighted by molar-refractivity contribution is -0.118. The van der Waals surface area contributed by atoms with Gasteiger partial charge in [-0.15, -0.1) is 0 Å². The second-order valence-corrected chi connectivity index (χ2v) is 2.24. The van der Waals surface area contributed by atoms with Gasteiger partial charge in [-0.05, 0) is 19.9 Å². The zero-order chi connectivity index (χ0) is 7.28. The molecule has 0 aliphatic carbocycles. The van der Waals surface area contributed by atoms with E-state index >= 15 is 0 Å². The summed E-state index contributed by atoms with van der Waals surface area (Å²) in [7, 11) is 2.31. The number of hydrogen-bond acceptors (Lipinski definition) is 3. The Morgan fingerprint density at radius 1 is 1.89 bits per heavy atom. The molecule has 0 aromatic carbocycles. The van der Waals surface area contributed by atoms with Crippen LogP contribution in [0.15, 0.2) is 0 Å². The topological polar surface area (TPSA) is 55.1 Å². The summed E-state index contributed by atoms with van der Waals surface area (Å²) in [6, 6.07) is -0.0833. The van der Waals surface area contributed by atoms with Crippen molar-refractivity contribution in [3.8, 4) is 0 Å². The highest BCUT2D eigenvalue weighted by Gasteiger charge is 2.08. The smallest absolute Gasteiger partial charge is 0.146 e. The van der Waals surface area contributed by atoms with Crippen LogP contribution < -0.4 is 10.8 Å². The second-order valence-electron chi connectivity index (χ2n) is 1.91. The molecule has 0 saturated heterocycles. The molecule has 0 aromatic heterocycles. The van der Waals surface area contributed by atoms with Crippen LogP contribution in [0.2, 0.25) is 0 Å². The van der Waals surface area contributed by atoms with Crippen LogP contribution in [0.4, 0.5) is 0 Å². The molecule has 2 atom stereocenters. The Hall–Kier alpha value is 0.0200. The molecule has 3 nitrogen and oxygen atoms in total. The van der Waals surface area contributed by atoms with E-state index in [4.69, 9.17) is 5.73 Å². The van der Waals surface area contributed by atoms with Gasteiger partial charge in [-0.3, -0.25) is 9.88 Å². The summed E-state index contributed by atoms with van der Waals surface area (Å²) >= 11 is 0. The lowest BCUT2D eigenvalue weighted by Gasteiger charge is -2.09. The first-order valence-electron chi connectivity index (χ1n) is 2.89. The van der Waals surface area contributed by atoms with E-state index in [-0.39, 0.29) is 11.8 Å². The fraction of sp³-hybridized carbons (Fsp3) is 0.800. The third-order valence-corrected chi connectivity index (χ3v) is 1.55. The predicted octanol–water partition coefficient (Wildman–Crippen LogP) is -0.328. The van der Waals surface area contributed by atoms with Gasteiger partial charge >= 0.3 is 0 Å². The average Bonchev–Trinajstić information content (AvgIpc) is 1.82. The molecule has 2 unspecified atom stereocenters. The molecule has 0 amide bonds. The first-order chi connectivity index (χ1) is 4.22. The van der Waals surface area contributed by atoms with Gasteiger partial charge in [0.25, 0.3) is 0 Å². The van der Waals surface area contributed by atoms with Crippen LogP contribution in [0.5, 0.6) is 0 Å². The Morgan fingerprint density at radius 2 is 2.44 bits per heavy atom. The summed E-state index contributed by atoms with van der Waals surface area (Å²) in [6.45, 7) is 2.10. The van der Waals surface area contributed by atoms with Crippen molar-refractivity contribution in [2.45, 2.75) is 19.4 Å². The minimum Gasteiger partial charge on any atom is -0.330 e. The highest BCUT2D eigenvalue weighted by molar-refractivity contribution is 7.13. The zero-order valence-corrected chi connectivity index (χ0v) is 6.71. The van der Waals surface area contributed by atoms with E-state index in [0.29, 0.717) is 13.0 Å². The van der Waals surface area contributed by atoms with Crippen molar-refractivity contribution < 1.29 is 4.79 Å². The number of Topliss-reactive ketones (excluding diaryl/α,β-unsaturated/α-hetero) is 1. The molecule has 0 saturated carbocycles. The third kappa shape index (κ3) is 3.57. The van der Waals surface area contributed by atoms with E-state index in [0.717, 1.165) is 0 Å². The maximum absolute atomic E-state index is 10.6. The predicted molar refractivity (Wildman–Crippen MR) is 41.0 cm³/mol. The molecule has 0 bridgehead atoms. The third-order valence-electron chi connectivity index (χ3n) is 1.15. The van der Waals surface area contributed by atoms with E-state index in [2.05, 4.69) is 14.5 Å². The van der Waals surface area contributed by atoms with E-state index in [1.807, 2.05) is 0 Å². The molecule has 0 aromatic rings. The molecule has 0 aliphatic heterocycles.